The van der Waals surface area contributed by atoms with Gasteiger partial charge in [-0.2, -0.15) is 9.78 Å². The third-order valence-electron chi connectivity index (χ3n) is 3.81. The zero-order chi connectivity index (χ0) is 20.1. The van der Waals surface area contributed by atoms with Gasteiger partial charge in [-0.15, -0.1) is 10.2 Å². The Labute approximate surface area is 191 Å². The molecule has 0 saturated carbocycles. The number of rotatable bonds is 7. The first-order valence-electron chi connectivity index (χ1n) is 8.49. The first-order chi connectivity index (χ1) is 13.5. The van der Waals surface area contributed by atoms with E-state index in [2.05, 4.69) is 50.3 Å². The molecule has 0 unspecified atom stereocenters. The molecule has 0 aliphatic heterocycles. The lowest BCUT2D eigenvalue weighted by atomic mass is 10.2. The second-order valence-electron chi connectivity index (χ2n) is 5.88. The summed E-state index contributed by atoms with van der Waals surface area (Å²) in [5.41, 5.74) is 1.75. The van der Waals surface area contributed by atoms with Gasteiger partial charge in [0.1, 0.15) is 0 Å². The van der Waals surface area contributed by atoms with Gasteiger partial charge in [-0.1, -0.05) is 81.6 Å². The van der Waals surface area contributed by atoms with Gasteiger partial charge >= 0.3 is 0 Å². The van der Waals surface area contributed by atoms with Crippen molar-refractivity contribution in [2.24, 2.45) is 5.10 Å². The van der Waals surface area contributed by atoms with Crippen LogP contribution in [-0.4, -0.2) is 21.1 Å². The highest BCUT2D eigenvalue weighted by molar-refractivity contribution is 9.10. The van der Waals surface area contributed by atoms with Crippen LogP contribution in [0.1, 0.15) is 30.3 Å². The molecule has 3 aromatic rings. The molecule has 0 radical (unpaired) electrons. The van der Waals surface area contributed by atoms with Crippen LogP contribution in [0.3, 0.4) is 0 Å². The summed E-state index contributed by atoms with van der Waals surface area (Å²) in [6, 6.07) is 11.5. The maximum absolute atomic E-state index is 6.28. The van der Waals surface area contributed by atoms with Crippen LogP contribution in [-0.2, 0) is 12.2 Å². The molecular formula is C19H16BrCl3N4S. The molecule has 0 amide bonds. The Morgan fingerprint density at radius 2 is 1.79 bits per heavy atom. The molecule has 3 rings (SSSR count). The van der Waals surface area contributed by atoms with E-state index in [0.717, 1.165) is 28.9 Å². The Balaban J connectivity index is 1.87. The van der Waals surface area contributed by atoms with E-state index in [1.54, 1.807) is 34.8 Å². The summed E-state index contributed by atoms with van der Waals surface area (Å²) in [4.78, 5) is 0. The normalized spacial score (nSPS) is 11.5. The first kappa shape index (κ1) is 21.7. The maximum Gasteiger partial charge on any atom is 0.212 e. The Hall–Kier alpha value is -1.05. The van der Waals surface area contributed by atoms with Crippen LogP contribution in [0.15, 0.2) is 51.1 Å². The van der Waals surface area contributed by atoms with Gasteiger partial charge in [0.25, 0.3) is 0 Å². The number of aromatic nitrogens is 3. The summed E-state index contributed by atoms with van der Waals surface area (Å²) in [5, 5.41) is 15.1. The molecule has 0 atom stereocenters. The van der Waals surface area contributed by atoms with Crippen LogP contribution in [0.25, 0.3) is 0 Å². The predicted molar refractivity (Wildman–Crippen MR) is 122 cm³/mol. The monoisotopic (exact) mass is 516 g/mol. The highest BCUT2D eigenvalue weighted by atomic mass is 79.9. The molecule has 28 heavy (non-hydrogen) atoms. The average molecular weight is 519 g/mol. The summed E-state index contributed by atoms with van der Waals surface area (Å²) in [6.45, 7) is 2.09. The average Bonchev–Trinajstić information content (AvgIpc) is 3.06. The number of nitrogens with zero attached hydrogens (tertiary/aromatic N) is 4. The molecule has 2 aromatic carbocycles. The second-order valence-corrected chi connectivity index (χ2v) is 8.93. The molecule has 9 heteroatoms. The number of hydrogen-bond acceptors (Lipinski definition) is 4. The summed E-state index contributed by atoms with van der Waals surface area (Å²) in [7, 11) is 0. The summed E-state index contributed by atoms with van der Waals surface area (Å²) in [6.07, 6.45) is 3.30. The first-order valence-corrected chi connectivity index (χ1v) is 11.4. The third kappa shape index (κ3) is 5.30. The fourth-order valence-corrected chi connectivity index (χ4v) is 4.15. The van der Waals surface area contributed by atoms with E-state index in [9.17, 15) is 0 Å². The van der Waals surface area contributed by atoms with E-state index < -0.39 is 0 Å². The smallest absolute Gasteiger partial charge is 0.191 e. The van der Waals surface area contributed by atoms with Crippen LogP contribution in [0.2, 0.25) is 15.1 Å². The zero-order valence-corrected chi connectivity index (χ0v) is 19.5. The highest BCUT2D eigenvalue weighted by Gasteiger charge is 2.13. The lowest BCUT2D eigenvalue weighted by molar-refractivity contribution is 0.700. The van der Waals surface area contributed by atoms with Crippen LogP contribution >= 0.6 is 62.5 Å². The Bertz CT molecular complexity index is 990. The third-order valence-corrected chi connectivity index (χ3v) is 6.48. The number of hydrogen-bond donors (Lipinski definition) is 0. The lowest BCUT2D eigenvalue weighted by Crippen LogP contribution is -2.01. The molecule has 0 spiro atoms. The van der Waals surface area contributed by atoms with E-state index in [-0.39, 0.29) is 0 Å². The van der Waals surface area contributed by atoms with Gasteiger partial charge in [0.05, 0.1) is 21.3 Å². The van der Waals surface area contributed by atoms with Crippen molar-refractivity contribution in [1.29, 1.82) is 0 Å². The minimum absolute atomic E-state index is 0.368. The summed E-state index contributed by atoms with van der Waals surface area (Å²) >= 11 is 23.6. The molecule has 0 saturated heterocycles. The van der Waals surface area contributed by atoms with Crippen molar-refractivity contribution in [3.8, 4) is 0 Å². The van der Waals surface area contributed by atoms with Crippen LogP contribution < -0.4 is 0 Å². The van der Waals surface area contributed by atoms with Crippen molar-refractivity contribution in [2.75, 3.05) is 0 Å². The number of halogens is 4. The van der Waals surface area contributed by atoms with Gasteiger partial charge in [0, 0.05) is 22.2 Å². The molecular weight excluding hydrogens is 503 g/mol. The number of thioether (sulfide) groups is 1. The Morgan fingerprint density at radius 3 is 2.50 bits per heavy atom. The van der Waals surface area contributed by atoms with Gasteiger partial charge in [0.2, 0.25) is 5.16 Å². The van der Waals surface area contributed by atoms with E-state index >= 15 is 0 Å². The quantitative estimate of drug-likeness (QED) is 0.190. The molecule has 1 heterocycles. The van der Waals surface area contributed by atoms with Crippen molar-refractivity contribution < 1.29 is 0 Å². The summed E-state index contributed by atoms with van der Waals surface area (Å²) in [5.74, 6) is 1.54. The number of benzene rings is 2. The topological polar surface area (TPSA) is 43.1 Å². The van der Waals surface area contributed by atoms with Crippen LogP contribution in [0.5, 0.6) is 0 Å². The van der Waals surface area contributed by atoms with Gasteiger partial charge in [0.15, 0.2) is 5.82 Å². The number of aryl methyl sites for hydroxylation is 1. The standard InChI is InChI=1S/C19H16BrCl3N4S/c1-2-3-17-25-26-19(28-11-12-4-6-13(20)7-5-12)27(17)24-10-14-15(21)8-9-16(22)18(14)23/h4-10H,2-3,11H2,1H3/b24-10+. The second kappa shape index (κ2) is 10.1. The molecule has 0 aliphatic rings. The van der Waals surface area contributed by atoms with Crippen LogP contribution in [0, 0.1) is 0 Å². The maximum atomic E-state index is 6.28. The van der Waals surface area contributed by atoms with Crippen LogP contribution in [0.4, 0.5) is 0 Å². The molecule has 146 valence electrons. The molecule has 1 aromatic heterocycles. The molecule has 0 bridgehead atoms. The van der Waals surface area contributed by atoms with E-state index in [1.807, 2.05) is 12.1 Å². The summed E-state index contributed by atoms with van der Waals surface area (Å²) < 4.78 is 2.79. The van der Waals surface area contributed by atoms with Gasteiger partial charge in [-0.3, -0.25) is 0 Å². The van der Waals surface area contributed by atoms with Crippen molar-refractivity contribution in [2.45, 2.75) is 30.7 Å². The zero-order valence-electron chi connectivity index (χ0n) is 14.9. The minimum atomic E-state index is 0.368. The van der Waals surface area contributed by atoms with E-state index in [0.29, 0.717) is 25.8 Å². The van der Waals surface area contributed by atoms with Crippen molar-refractivity contribution in [3.05, 3.63) is 72.9 Å². The molecule has 0 N–H and O–H groups in total. The van der Waals surface area contributed by atoms with Gasteiger partial charge in [-0.25, -0.2) is 0 Å². The van der Waals surface area contributed by atoms with Gasteiger partial charge < -0.3 is 0 Å². The fraction of sp³-hybridized carbons (Fsp3) is 0.211. The minimum Gasteiger partial charge on any atom is -0.191 e. The van der Waals surface area contributed by atoms with Crippen molar-refractivity contribution in [3.63, 3.8) is 0 Å². The molecule has 0 fully saturated rings. The van der Waals surface area contributed by atoms with E-state index in [1.165, 1.54) is 5.56 Å². The highest BCUT2D eigenvalue weighted by Crippen LogP contribution is 2.30. The Kier molecular flexibility index (Phi) is 7.83. The molecule has 0 aliphatic carbocycles. The lowest BCUT2D eigenvalue weighted by Gasteiger charge is -2.06. The molecule has 4 nitrogen and oxygen atoms in total. The van der Waals surface area contributed by atoms with Crippen molar-refractivity contribution in [1.82, 2.24) is 14.9 Å². The largest absolute Gasteiger partial charge is 0.212 e. The SMILES string of the molecule is CCCc1nnc(SCc2ccc(Br)cc2)n1/N=C/c1c(Cl)ccc(Cl)c1Cl. The predicted octanol–water partition coefficient (Wildman–Crippen LogP) is 7.13. The van der Waals surface area contributed by atoms with Crippen molar-refractivity contribution >= 4 is 68.7 Å². The van der Waals surface area contributed by atoms with E-state index in [4.69, 9.17) is 34.8 Å². The fourth-order valence-electron chi connectivity index (χ4n) is 2.39. The Morgan fingerprint density at radius 1 is 1.07 bits per heavy atom. The van der Waals surface area contributed by atoms with Gasteiger partial charge in [-0.05, 0) is 36.2 Å².